The third kappa shape index (κ3) is 78.4. The normalized spacial score (nSPS) is 13.5. The number of carboxylic acids is 1. The predicted molar refractivity (Wildman–Crippen MR) is 419 cm³/mol. The summed E-state index contributed by atoms with van der Waals surface area (Å²) in [6.07, 6.45) is 110. The Labute approximate surface area is 598 Å². The summed E-state index contributed by atoms with van der Waals surface area (Å²) < 4.78 is 23.1. The quantitative estimate of drug-likeness (QED) is 0.0211. The maximum Gasteiger partial charge on any atom is 0.361 e. The molecule has 9 heteroatoms. The van der Waals surface area contributed by atoms with Gasteiger partial charge in [-0.15, -0.1) is 0 Å². The van der Waals surface area contributed by atoms with Crippen molar-refractivity contribution < 1.29 is 42.9 Å². The highest BCUT2D eigenvalue weighted by molar-refractivity contribution is 5.71. The van der Waals surface area contributed by atoms with E-state index in [4.69, 9.17) is 18.9 Å². The van der Waals surface area contributed by atoms with Crippen molar-refractivity contribution >= 4 is 17.9 Å². The van der Waals surface area contributed by atoms with Gasteiger partial charge in [0.2, 0.25) is 0 Å². The molecule has 0 aliphatic rings. The van der Waals surface area contributed by atoms with Crippen LogP contribution >= 0.6 is 0 Å². The van der Waals surface area contributed by atoms with Gasteiger partial charge in [0.25, 0.3) is 6.29 Å². The van der Waals surface area contributed by atoms with Gasteiger partial charge in [-0.2, -0.15) is 0 Å². The van der Waals surface area contributed by atoms with Gasteiger partial charge < -0.3 is 28.5 Å². The zero-order valence-corrected chi connectivity index (χ0v) is 63.4. The van der Waals surface area contributed by atoms with Crippen molar-refractivity contribution in [2.75, 3.05) is 47.5 Å². The third-order valence-electron chi connectivity index (χ3n) is 17.1. The number of allylic oxidation sites excluding steroid dienone is 24. The fraction of sp³-hybridized carbons (Fsp3) is 0.693. The first-order valence-corrected chi connectivity index (χ1v) is 40.0. The van der Waals surface area contributed by atoms with E-state index in [0.717, 1.165) is 116 Å². The number of hydrogen-bond donors (Lipinski definition) is 1. The molecule has 0 fully saturated rings. The Morgan fingerprint density at radius 1 is 0.309 bits per heavy atom. The Hall–Kier alpha value is -4.83. The first-order valence-electron chi connectivity index (χ1n) is 40.0. The van der Waals surface area contributed by atoms with Gasteiger partial charge in [0, 0.05) is 12.8 Å². The van der Waals surface area contributed by atoms with Crippen molar-refractivity contribution in [2.24, 2.45) is 0 Å². The minimum absolute atomic E-state index is 0.184. The Kier molecular flexibility index (Phi) is 73.1. The van der Waals surface area contributed by atoms with E-state index >= 15 is 0 Å². The number of carbonyl (C=O) groups is 3. The van der Waals surface area contributed by atoms with Crippen LogP contribution in [0.1, 0.15) is 335 Å². The summed E-state index contributed by atoms with van der Waals surface area (Å²) in [5.74, 6) is -1.99. The van der Waals surface area contributed by atoms with Crippen LogP contribution in [0.3, 0.4) is 0 Å². The maximum atomic E-state index is 13.0. The Bertz CT molecular complexity index is 2110. The predicted octanol–water partition coefficient (Wildman–Crippen LogP) is 25.8. The molecule has 0 aliphatic carbocycles. The lowest BCUT2D eigenvalue weighted by Gasteiger charge is -2.25. The van der Waals surface area contributed by atoms with Gasteiger partial charge in [-0.3, -0.25) is 9.59 Å². The average Bonchev–Trinajstić information content (AvgIpc) is 3.27. The number of rotatable bonds is 73. The van der Waals surface area contributed by atoms with Crippen LogP contribution in [-0.2, 0) is 33.3 Å². The average molecular weight is 1350 g/mol. The van der Waals surface area contributed by atoms with Crippen LogP contribution < -0.4 is 0 Å². The van der Waals surface area contributed by atoms with Crippen LogP contribution in [-0.4, -0.2) is 87.4 Å². The van der Waals surface area contributed by atoms with Crippen LogP contribution in [0, 0.1) is 0 Å². The van der Waals surface area contributed by atoms with E-state index in [1.165, 1.54) is 193 Å². The summed E-state index contributed by atoms with van der Waals surface area (Å²) in [5.41, 5.74) is 0. The summed E-state index contributed by atoms with van der Waals surface area (Å²) in [4.78, 5) is 37.8. The summed E-state index contributed by atoms with van der Waals surface area (Å²) in [5, 5.41) is 9.78. The number of carboxylic acid groups (broad SMARTS) is 1. The number of nitrogens with zero attached hydrogens (tertiary/aromatic N) is 1. The highest BCUT2D eigenvalue weighted by atomic mass is 16.7. The molecule has 0 rings (SSSR count). The lowest BCUT2D eigenvalue weighted by molar-refractivity contribution is -0.870. The van der Waals surface area contributed by atoms with E-state index < -0.39 is 24.3 Å². The lowest BCUT2D eigenvalue weighted by Crippen LogP contribution is -2.40. The molecule has 0 aliphatic heterocycles. The largest absolute Gasteiger partial charge is 0.477 e. The molecular weight excluding hydrogens is 1200 g/mol. The Balaban J connectivity index is 4.03. The molecule has 0 aromatic heterocycles. The lowest BCUT2D eigenvalue weighted by atomic mass is 10.0. The topological polar surface area (TPSA) is 108 Å². The molecular formula is C88H150NO8+. The fourth-order valence-corrected chi connectivity index (χ4v) is 11.1. The second-order valence-electron chi connectivity index (χ2n) is 27.6. The Morgan fingerprint density at radius 2 is 0.557 bits per heavy atom. The molecule has 0 saturated heterocycles. The molecule has 9 nitrogen and oxygen atoms in total. The van der Waals surface area contributed by atoms with Crippen LogP contribution in [0.4, 0.5) is 0 Å². The van der Waals surface area contributed by atoms with E-state index in [1.54, 1.807) is 0 Å². The van der Waals surface area contributed by atoms with Crippen LogP contribution in [0.15, 0.2) is 146 Å². The minimum atomic E-state index is -1.52. The van der Waals surface area contributed by atoms with Crippen molar-refractivity contribution in [3.63, 3.8) is 0 Å². The van der Waals surface area contributed by atoms with Gasteiger partial charge in [0.1, 0.15) is 13.2 Å². The van der Waals surface area contributed by atoms with Crippen LogP contribution in [0.2, 0.25) is 0 Å². The molecule has 2 atom stereocenters. The zero-order valence-electron chi connectivity index (χ0n) is 63.4. The van der Waals surface area contributed by atoms with Gasteiger partial charge in [0.15, 0.2) is 6.10 Å². The third-order valence-corrected chi connectivity index (χ3v) is 17.1. The van der Waals surface area contributed by atoms with Crippen LogP contribution in [0.25, 0.3) is 0 Å². The van der Waals surface area contributed by atoms with E-state index in [2.05, 4.69) is 160 Å². The van der Waals surface area contributed by atoms with Crippen molar-refractivity contribution in [1.82, 2.24) is 0 Å². The van der Waals surface area contributed by atoms with Crippen molar-refractivity contribution in [1.29, 1.82) is 0 Å². The SMILES string of the molecule is CC/C=C\C/C=C\C/C=C\C/C=C\C/C=C\C/C=C\C/C=C\C/C=C\CCCCCCCCCCCCCCCCCCC(=O)OC(COC(=O)CCCCCCCCCCCCCCCCCCCC/C=C\C/C=C\C/C=C\C/C=C\CC)COC(OCC[N+](C)(C)C)C(=O)O. The van der Waals surface area contributed by atoms with E-state index in [-0.39, 0.29) is 32.2 Å². The molecule has 0 amide bonds. The molecule has 0 bridgehead atoms. The van der Waals surface area contributed by atoms with Gasteiger partial charge in [-0.1, -0.05) is 352 Å². The standard InChI is InChI=1S/C88H149NO8/c1-6-8-10-12-14-16-18-20-22-24-26-28-30-32-34-36-38-39-40-41-42-43-44-45-46-47-49-51-53-55-57-59-61-63-65-67-69-71-73-75-77-79-86(91)97-84(83-96-88(87(92)93)94-81-80-89(3,4)5)82-95-85(90)78-76-74-72-70-68-66-64-62-60-58-56-54-52-50-48-37-35-33-31-29-27-25-23-21-19-17-15-13-11-9-7-2/h8-11,14-17,20-23,26-29,32,34,38-39,41-42,44-45,84,88H,6-7,12-13,18-19,24-25,30-31,33,35-37,40,43,46-83H2,1-5H3/p+1/b10-8-,11-9-,16-14-,17-15-,22-20-,23-21-,28-26-,29-27-,34-32-,39-38-,42-41-,45-44-. The fourth-order valence-electron chi connectivity index (χ4n) is 11.1. The second kappa shape index (κ2) is 76.9. The van der Waals surface area contributed by atoms with E-state index in [1.807, 2.05) is 21.1 Å². The molecule has 0 radical (unpaired) electrons. The van der Waals surface area contributed by atoms with E-state index in [0.29, 0.717) is 17.4 Å². The van der Waals surface area contributed by atoms with Gasteiger partial charge >= 0.3 is 17.9 Å². The molecule has 2 unspecified atom stereocenters. The first-order chi connectivity index (χ1) is 47.6. The summed E-state index contributed by atoms with van der Waals surface area (Å²) >= 11 is 0. The first kappa shape index (κ1) is 92.2. The molecule has 97 heavy (non-hydrogen) atoms. The molecule has 0 heterocycles. The number of hydrogen-bond acceptors (Lipinski definition) is 7. The Morgan fingerprint density at radius 3 is 0.825 bits per heavy atom. The van der Waals surface area contributed by atoms with Gasteiger partial charge in [-0.25, -0.2) is 4.79 Å². The number of unbranched alkanes of at least 4 members (excludes halogenated alkanes) is 34. The number of quaternary nitrogens is 1. The van der Waals surface area contributed by atoms with Crippen LogP contribution in [0.5, 0.6) is 0 Å². The second-order valence-corrected chi connectivity index (χ2v) is 27.6. The van der Waals surface area contributed by atoms with Gasteiger partial charge in [0.05, 0.1) is 34.4 Å². The molecule has 0 aromatic carbocycles. The summed E-state index contributed by atoms with van der Waals surface area (Å²) in [6, 6.07) is 0. The molecule has 0 saturated carbocycles. The number of likely N-dealkylation sites (N-methyl/N-ethyl adjacent to an activating group) is 1. The van der Waals surface area contributed by atoms with Crippen molar-refractivity contribution in [3.05, 3.63) is 146 Å². The number of aliphatic carboxylic acids is 1. The monoisotopic (exact) mass is 1350 g/mol. The smallest absolute Gasteiger partial charge is 0.361 e. The highest BCUT2D eigenvalue weighted by Gasteiger charge is 2.25. The number of ether oxygens (including phenoxy) is 4. The van der Waals surface area contributed by atoms with E-state index in [9.17, 15) is 19.5 Å². The highest BCUT2D eigenvalue weighted by Crippen LogP contribution is 2.18. The molecule has 0 spiro atoms. The minimum Gasteiger partial charge on any atom is -0.477 e. The number of carbonyl (C=O) groups excluding carboxylic acids is 2. The molecule has 0 aromatic rings. The maximum absolute atomic E-state index is 13.0. The van der Waals surface area contributed by atoms with Gasteiger partial charge in [-0.05, 0) is 116 Å². The zero-order chi connectivity index (χ0) is 70.4. The summed E-state index contributed by atoms with van der Waals surface area (Å²) in [6.45, 7) is 4.68. The number of esters is 2. The molecule has 1 N–H and O–H groups in total. The van der Waals surface area contributed by atoms with Crippen molar-refractivity contribution in [2.45, 2.75) is 347 Å². The molecule has 554 valence electrons. The van der Waals surface area contributed by atoms with Crippen molar-refractivity contribution in [3.8, 4) is 0 Å². The summed E-state index contributed by atoms with van der Waals surface area (Å²) in [7, 11) is 5.99.